The number of aryl methyl sites for hydroxylation is 1. The Morgan fingerprint density at radius 1 is 1.19 bits per heavy atom. The van der Waals surface area contributed by atoms with E-state index in [4.69, 9.17) is 5.11 Å². The van der Waals surface area contributed by atoms with E-state index in [0.717, 1.165) is 30.4 Å². The molecule has 2 aromatic rings. The zero-order valence-corrected chi connectivity index (χ0v) is 12.8. The summed E-state index contributed by atoms with van der Waals surface area (Å²) in [5.74, 6) is 0. The summed E-state index contributed by atoms with van der Waals surface area (Å²) < 4.78 is 2.08. The molecule has 1 aromatic heterocycles. The zero-order chi connectivity index (χ0) is 14.8. The van der Waals surface area contributed by atoms with Crippen LogP contribution in [0.4, 0.5) is 0 Å². The van der Waals surface area contributed by atoms with Gasteiger partial charge in [0.25, 0.3) is 0 Å². The van der Waals surface area contributed by atoms with Crippen LogP contribution < -0.4 is 5.32 Å². The maximum atomic E-state index is 9.09. The molecule has 0 amide bonds. The first-order valence-electron chi connectivity index (χ1n) is 7.62. The van der Waals surface area contributed by atoms with Crippen LogP contribution in [0.3, 0.4) is 0 Å². The third-order valence-corrected chi connectivity index (χ3v) is 4.21. The molecular formula is C17H23N3O. The summed E-state index contributed by atoms with van der Waals surface area (Å²) in [5, 5.41) is 17.3. The maximum absolute atomic E-state index is 9.09. The van der Waals surface area contributed by atoms with E-state index in [1.807, 2.05) is 12.1 Å². The third kappa shape index (κ3) is 3.34. The lowest BCUT2D eigenvalue weighted by Crippen LogP contribution is -2.16. The number of nitrogens with one attached hydrogen (secondary N) is 1. The number of nitrogens with zero attached hydrogens (tertiary/aromatic N) is 2. The number of aliphatic hydroxyl groups excluding tert-OH is 1. The minimum absolute atomic E-state index is 0.0944. The number of benzene rings is 1. The van der Waals surface area contributed by atoms with Crippen molar-refractivity contribution in [1.82, 2.24) is 15.1 Å². The molecule has 1 aliphatic rings. The van der Waals surface area contributed by atoms with Crippen LogP contribution >= 0.6 is 0 Å². The smallest absolute Gasteiger partial charge is 0.0681 e. The van der Waals surface area contributed by atoms with Gasteiger partial charge in [-0.15, -0.1) is 0 Å². The van der Waals surface area contributed by atoms with Crippen molar-refractivity contribution in [3.63, 3.8) is 0 Å². The Balaban J connectivity index is 1.73. The van der Waals surface area contributed by atoms with Gasteiger partial charge in [-0.2, -0.15) is 5.10 Å². The second-order valence-corrected chi connectivity index (χ2v) is 5.94. The van der Waals surface area contributed by atoms with Crippen LogP contribution in [-0.2, 0) is 19.7 Å². The first-order valence-corrected chi connectivity index (χ1v) is 7.62. The Morgan fingerprint density at radius 3 is 2.48 bits per heavy atom. The minimum atomic E-state index is 0.0944. The van der Waals surface area contributed by atoms with E-state index in [1.54, 1.807) is 0 Å². The molecule has 2 N–H and O–H groups in total. The third-order valence-electron chi connectivity index (χ3n) is 4.21. The van der Waals surface area contributed by atoms with Gasteiger partial charge in [-0.25, -0.2) is 0 Å². The summed E-state index contributed by atoms with van der Waals surface area (Å²) in [4.78, 5) is 0. The molecule has 1 heterocycles. The molecule has 4 nitrogen and oxygen atoms in total. The van der Waals surface area contributed by atoms with E-state index in [-0.39, 0.29) is 6.61 Å². The Bertz CT molecular complexity index is 612. The van der Waals surface area contributed by atoms with Crippen molar-refractivity contribution in [2.45, 2.75) is 52.4 Å². The van der Waals surface area contributed by atoms with Crippen molar-refractivity contribution in [1.29, 1.82) is 0 Å². The van der Waals surface area contributed by atoms with Crippen molar-refractivity contribution in [3.8, 4) is 0 Å². The summed E-state index contributed by atoms with van der Waals surface area (Å²) in [7, 11) is 0. The average molecular weight is 285 g/mol. The summed E-state index contributed by atoms with van der Waals surface area (Å²) in [6, 6.07) is 8.78. The first kappa shape index (κ1) is 14.3. The summed E-state index contributed by atoms with van der Waals surface area (Å²) in [6.07, 6.45) is 2.62. The molecule has 0 aliphatic heterocycles. The van der Waals surface area contributed by atoms with E-state index in [0.29, 0.717) is 0 Å². The van der Waals surface area contributed by atoms with Crippen LogP contribution in [-0.4, -0.2) is 20.9 Å². The highest BCUT2D eigenvalue weighted by molar-refractivity contribution is 5.27. The molecule has 1 aliphatic carbocycles. The second kappa shape index (κ2) is 6.00. The first-order chi connectivity index (χ1) is 10.2. The van der Waals surface area contributed by atoms with Gasteiger partial charge < -0.3 is 10.4 Å². The molecule has 4 heteroatoms. The van der Waals surface area contributed by atoms with Crippen LogP contribution in [0.5, 0.6) is 0 Å². The Labute approximate surface area is 125 Å². The Hall–Kier alpha value is -1.65. The number of hydrogen-bond acceptors (Lipinski definition) is 3. The lowest BCUT2D eigenvalue weighted by molar-refractivity contribution is 0.282. The zero-order valence-electron chi connectivity index (χ0n) is 12.8. The molecule has 112 valence electrons. The average Bonchev–Trinajstić information content (AvgIpc) is 3.27. The topological polar surface area (TPSA) is 50.1 Å². The highest BCUT2D eigenvalue weighted by atomic mass is 16.3. The van der Waals surface area contributed by atoms with Gasteiger partial charge >= 0.3 is 0 Å². The van der Waals surface area contributed by atoms with Gasteiger partial charge in [0.2, 0.25) is 0 Å². The van der Waals surface area contributed by atoms with Gasteiger partial charge in [-0.3, -0.25) is 4.68 Å². The number of aliphatic hydroxyl groups is 1. The van der Waals surface area contributed by atoms with E-state index in [2.05, 4.69) is 41.1 Å². The SMILES string of the molecule is Cc1nn(Cc2ccc(CO)cc2)c(C)c1CNC1CC1. The number of rotatable bonds is 6. The van der Waals surface area contributed by atoms with Crippen molar-refractivity contribution >= 4 is 0 Å². The highest BCUT2D eigenvalue weighted by Gasteiger charge is 2.21. The molecule has 0 bridgehead atoms. The van der Waals surface area contributed by atoms with E-state index < -0.39 is 0 Å². The van der Waals surface area contributed by atoms with Crippen LogP contribution in [0.15, 0.2) is 24.3 Å². The van der Waals surface area contributed by atoms with Gasteiger partial charge in [-0.1, -0.05) is 24.3 Å². The van der Waals surface area contributed by atoms with E-state index in [1.165, 1.54) is 29.7 Å². The molecule has 1 saturated carbocycles. The predicted molar refractivity (Wildman–Crippen MR) is 83.0 cm³/mol. The summed E-state index contributed by atoms with van der Waals surface area (Å²) >= 11 is 0. The van der Waals surface area contributed by atoms with Gasteiger partial charge in [0.15, 0.2) is 0 Å². The van der Waals surface area contributed by atoms with Crippen LogP contribution in [0.25, 0.3) is 0 Å². The fourth-order valence-corrected chi connectivity index (χ4v) is 2.60. The molecule has 0 spiro atoms. The summed E-state index contributed by atoms with van der Waals surface area (Å²) in [5.41, 5.74) is 5.84. The molecule has 0 saturated heterocycles. The summed E-state index contributed by atoms with van der Waals surface area (Å²) in [6.45, 7) is 6.03. The minimum Gasteiger partial charge on any atom is -0.392 e. The normalized spacial score (nSPS) is 14.6. The van der Waals surface area contributed by atoms with Gasteiger partial charge in [0, 0.05) is 23.8 Å². The van der Waals surface area contributed by atoms with Crippen LogP contribution in [0.1, 0.15) is 40.9 Å². The molecule has 21 heavy (non-hydrogen) atoms. The fraction of sp³-hybridized carbons (Fsp3) is 0.471. The molecular weight excluding hydrogens is 262 g/mol. The Kier molecular flexibility index (Phi) is 4.08. The molecule has 0 radical (unpaired) electrons. The number of aromatic nitrogens is 2. The molecule has 1 fully saturated rings. The van der Waals surface area contributed by atoms with Crippen molar-refractivity contribution in [2.75, 3.05) is 0 Å². The molecule has 3 rings (SSSR count). The molecule has 0 atom stereocenters. The van der Waals surface area contributed by atoms with Gasteiger partial charge in [-0.05, 0) is 37.8 Å². The monoisotopic (exact) mass is 285 g/mol. The molecule has 1 aromatic carbocycles. The maximum Gasteiger partial charge on any atom is 0.0681 e. The second-order valence-electron chi connectivity index (χ2n) is 5.94. The van der Waals surface area contributed by atoms with Crippen LogP contribution in [0.2, 0.25) is 0 Å². The number of hydrogen-bond donors (Lipinski definition) is 2. The van der Waals surface area contributed by atoms with Gasteiger partial charge in [0.05, 0.1) is 18.8 Å². The van der Waals surface area contributed by atoms with Crippen molar-refractivity contribution in [2.24, 2.45) is 0 Å². The van der Waals surface area contributed by atoms with Gasteiger partial charge in [0.1, 0.15) is 0 Å². The van der Waals surface area contributed by atoms with E-state index >= 15 is 0 Å². The Morgan fingerprint density at radius 2 is 1.86 bits per heavy atom. The van der Waals surface area contributed by atoms with Crippen LogP contribution in [0, 0.1) is 13.8 Å². The predicted octanol–water partition coefficient (Wildman–Crippen LogP) is 2.29. The van der Waals surface area contributed by atoms with Crippen molar-refractivity contribution in [3.05, 3.63) is 52.3 Å². The van der Waals surface area contributed by atoms with Crippen molar-refractivity contribution < 1.29 is 5.11 Å². The molecule has 0 unspecified atom stereocenters. The standard InChI is InChI=1S/C17H23N3O/c1-12-17(9-18-16-7-8-16)13(2)20(19-12)10-14-3-5-15(11-21)6-4-14/h3-6,16,18,21H,7-11H2,1-2H3. The lowest BCUT2D eigenvalue weighted by Gasteiger charge is -2.07. The fourth-order valence-electron chi connectivity index (χ4n) is 2.60. The lowest BCUT2D eigenvalue weighted by atomic mass is 10.1. The highest BCUT2D eigenvalue weighted by Crippen LogP contribution is 2.21. The van der Waals surface area contributed by atoms with E-state index in [9.17, 15) is 0 Å². The quantitative estimate of drug-likeness (QED) is 0.856. The largest absolute Gasteiger partial charge is 0.392 e.